The second-order valence-corrected chi connectivity index (χ2v) is 6.45. The number of pyridine rings is 1. The largest absolute Gasteiger partial charge is 0.420 e. The Kier molecular flexibility index (Phi) is 3.75. The number of halogens is 1. The molecule has 0 saturated carbocycles. The molecular formula is C18H12BrN5O. The summed E-state index contributed by atoms with van der Waals surface area (Å²) in [6.07, 6.45) is 3.38. The fourth-order valence-electron chi connectivity index (χ4n) is 2.97. The van der Waals surface area contributed by atoms with Crippen molar-refractivity contribution in [3.05, 3.63) is 75.8 Å². The van der Waals surface area contributed by atoms with E-state index < -0.39 is 0 Å². The number of aromatic nitrogens is 3. The van der Waals surface area contributed by atoms with Gasteiger partial charge in [-0.1, -0.05) is 28.1 Å². The van der Waals surface area contributed by atoms with E-state index in [0.717, 1.165) is 26.9 Å². The second-order valence-electron chi connectivity index (χ2n) is 5.53. The van der Waals surface area contributed by atoms with E-state index >= 15 is 0 Å². The van der Waals surface area contributed by atoms with E-state index in [0.29, 0.717) is 11.5 Å². The minimum atomic E-state index is -0.367. The van der Waals surface area contributed by atoms with E-state index in [4.69, 9.17) is 10.5 Å². The van der Waals surface area contributed by atoms with Crippen LogP contribution in [0.25, 0.3) is 11.3 Å². The van der Waals surface area contributed by atoms with Crippen LogP contribution in [0.1, 0.15) is 17.0 Å². The first-order valence-corrected chi connectivity index (χ1v) is 8.30. The third-order valence-electron chi connectivity index (χ3n) is 4.11. The van der Waals surface area contributed by atoms with Crippen molar-refractivity contribution in [1.29, 1.82) is 5.26 Å². The van der Waals surface area contributed by atoms with E-state index in [1.165, 1.54) is 0 Å². The molecule has 1 aliphatic heterocycles. The van der Waals surface area contributed by atoms with Crippen LogP contribution in [-0.2, 0) is 0 Å². The molecule has 2 aromatic heterocycles. The van der Waals surface area contributed by atoms with Crippen molar-refractivity contribution in [2.75, 3.05) is 0 Å². The predicted molar refractivity (Wildman–Crippen MR) is 95.3 cm³/mol. The molecule has 1 aromatic carbocycles. The number of benzene rings is 1. The minimum absolute atomic E-state index is 0.0747. The summed E-state index contributed by atoms with van der Waals surface area (Å²) < 4.78 is 6.56. The first-order chi connectivity index (χ1) is 12.2. The number of allylic oxidation sites excluding steroid dienone is 1. The summed E-state index contributed by atoms with van der Waals surface area (Å²) >= 11 is 3.44. The first kappa shape index (κ1) is 15.4. The van der Waals surface area contributed by atoms with Crippen molar-refractivity contribution in [2.24, 2.45) is 5.73 Å². The molecule has 122 valence electrons. The van der Waals surface area contributed by atoms with E-state index in [1.54, 1.807) is 12.4 Å². The number of nitriles is 1. The van der Waals surface area contributed by atoms with Gasteiger partial charge in [-0.2, -0.15) is 5.26 Å². The van der Waals surface area contributed by atoms with Crippen LogP contribution in [0, 0.1) is 11.3 Å². The zero-order valence-corrected chi connectivity index (χ0v) is 14.5. The van der Waals surface area contributed by atoms with Crippen molar-refractivity contribution in [3.8, 4) is 23.2 Å². The highest BCUT2D eigenvalue weighted by molar-refractivity contribution is 9.10. The van der Waals surface area contributed by atoms with Gasteiger partial charge in [-0.15, -0.1) is 5.10 Å². The van der Waals surface area contributed by atoms with Gasteiger partial charge in [0.25, 0.3) is 0 Å². The fraction of sp³-hybridized carbons (Fsp3) is 0.0556. The molecule has 0 radical (unpaired) electrons. The molecule has 1 aliphatic rings. The lowest BCUT2D eigenvalue weighted by molar-refractivity contribution is 0.379. The van der Waals surface area contributed by atoms with Crippen molar-refractivity contribution < 1.29 is 4.74 Å². The Morgan fingerprint density at radius 3 is 2.56 bits per heavy atom. The first-order valence-electron chi connectivity index (χ1n) is 7.50. The monoisotopic (exact) mass is 393 g/mol. The summed E-state index contributed by atoms with van der Waals surface area (Å²) in [6.45, 7) is 0. The quantitative estimate of drug-likeness (QED) is 0.694. The molecule has 3 heterocycles. The Morgan fingerprint density at radius 2 is 1.88 bits per heavy atom. The number of hydrogen-bond donors (Lipinski definition) is 2. The lowest BCUT2D eigenvalue weighted by atomic mass is 9.83. The Labute approximate surface area is 152 Å². The lowest BCUT2D eigenvalue weighted by Crippen LogP contribution is -2.21. The van der Waals surface area contributed by atoms with Gasteiger partial charge in [-0.25, -0.2) is 0 Å². The summed E-state index contributed by atoms with van der Waals surface area (Å²) in [5, 5.41) is 16.9. The summed E-state index contributed by atoms with van der Waals surface area (Å²) in [6, 6.07) is 13.7. The molecule has 4 rings (SSSR count). The van der Waals surface area contributed by atoms with E-state index in [1.807, 2.05) is 36.4 Å². The van der Waals surface area contributed by atoms with Crippen LogP contribution in [0.15, 0.2) is 64.7 Å². The number of aromatic amines is 1. The van der Waals surface area contributed by atoms with Gasteiger partial charge in [0.2, 0.25) is 11.8 Å². The molecule has 25 heavy (non-hydrogen) atoms. The molecule has 0 bridgehead atoms. The highest BCUT2D eigenvalue weighted by Crippen LogP contribution is 2.45. The van der Waals surface area contributed by atoms with Gasteiger partial charge in [0.15, 0.2) is 0 Å². The van der Waals surface area contributed by atoms with Crippen LogP contribution < -0.4 is 10.5 Å². The van der Waals surface area contributed by atoms with Gasteiger partial charge in [-0.05, 0) is 29.8 Å². The van der Waals surface area contributed by atoms with Gasteiger partial charge in [0.1, 0.15) is 11.6 Å². The van der Waals surface area contributed by atoms with Crippen molar-refractivity contribution in [3.63, 3.8) is 0 Å². The third-order valence-corrected chi connectivity index (χ3v) is 4.64. The SMILES string of the molecule is N#CC1=C(N)Oc2n[nH]c(-c3ccc(Br)cc3)c2C1c1ccncc1. The Balaban J connectivity index is 1.94. The zero-order valence-electron chi connectivity index (χ0n) is 12.9. The van der Waals surface area contributed by atoms with Crippen LogP contribution >= 0.6 is 15.9 Å². The van der Waals surface area contributed by atoms with Crippen molar-refractivity contribution in [2.45, 2.75) is 5.92 Å². The summed E-state index contributed by atoms with van der Waals surface area (Å²) in [5.74, 6) is 0.0936. The number of nitrogens with two attached hydrogens (primary N) is 1. The number of nitrogens with zero attached hydrogens (tertiary/aromatic N) is 3. The summed E-state index contributed by atoms with van der Waals surface area (Å²) in [7, 11) is 0. The fourth-order valence-corrected chi connectivity index (χ4v) is 3.24. The Hall–Kier alpha value is -3.11. The average Bonchev–Trinajstić information content (AvgIpc) is 3.05. The van der Waals surface area contributed by atoms with Crippen LogP contribution in [0.2, 0.25) is 0 Å². The van der Waals surface area contributed by atoms with Gasteiger partial charge in [-0.3, -0.25) is 10.1 Å². The maximum absolute atomic E-state index is 9.63. The molecule has 7 heteroatoms. The van der Waals surface area contributed by atoms with Gasteiger partial charge in [0.05, 0.1) is 17.2 Å². The molecule has 1 unspecified atom stereocenters. The molecular weight excluding hydrogens is 382 g/mol. The molecule has 0 amide bonds. The molecule has 1 atom stereocenters. The van der Waals surface area contributed by atoms with Crippen molar-refractivity contribution in [1.82, 2.24) is 15.2 Å². The topological polar surface area (TPSA) is 101 Å². The Morgan fingerprint density at radius 1 is 1.16 bits per heavy atom. The number of fused-ring (bicyclic) bond motifs is 1. The molecule has 6 nitrogen and oxygen atoms in total. The van der Waals surface area contributed by atoms with Crippen LogP contribution in [0.3, 0.4) is 0 Å². The summed E-state index contributed by atoms with van der Waals surface area (Å²) in [5.41, 5.74) is 9.75. The standard InChI is InChI=1S/C18H12BrN5O/c19-12-3-1-11(2-4-12)16-15-14(10-5-7-22-8-6-10)13(9-20)17(21)25-18(15)24-23-16/h1-8,14H,21H2,(H,23,24). The zero-order chi connectivity index (χ0) is 17.4. The molecule has 0 fully saturated rings. The van der Waals surface area contributed by atoms with Gasteiger partial charge in [0, 0.05) is 22.4 Å². The molecule has 0 spiro atoms. The predicted octanol–water partition coefficient (Wildman–Crippen LogP) is 3.45. The van der Waals surface area contributed by atoms with Gasteiger partial charge >= 0.3 is 0 Å². The number of H-pyrrole nitrogens is 1. The van der Waals surface area contributed by atoms with E-state index in [-0.39, 0.29) is 11.8 Å². The maximum Gasteiger partial charge on any atom is 0.244 e. The number of ether oxygens (including phenoxy) is 1. The smallest absolute Gasteiger partial charge is 0.244 e. The average molecular weight is 394 g/mol. The van der Waals surface area contributed by atoms with E-state index in [9.17, 15) is 5.26 Å². The molecule has 3 aromatic rings. The van der Waals surface area contributed by atoms with Crippen LogP contribution in [0.4, 0.5) is 0 Å². The third kappa shape index (κ3) is 2.57. The van der Waals surface area contributed by atoms with E-state index in [2.05, 4.69) is 37.2 Å². The molecule has 0 aliphatic carbocycles. The highest BCUT2D eigenvalue weighted by Gasteiger charge is 2.35. The van der Waals surface area contributed by atoms with Crippen LogP contribution in [-0.4, -0.2) is 15.2 Å². The van der Waals surface area contributed by atoms with Gasteiger partial charge < -0.3 is 10.5 Å². The number of rotatable bonds is 2. The lowest BCUT2D eigenvalue weighted by Gasteiger charge is -2.23. The molecule has 3 N–H and O–H groups in total. The normalized spacial score (nSPS) is 16.1. The maximum atomic E-state index is 9.63. The number of hydrogen-bond acceptors (Lipinski definition) is 5. The summed E-state index contributed by atoms with van der Waals surface area (Å²) in [4.78, 5) is 4.05. The molecule has 0 saturated heterocycles. The highest BCUT2D eigenvalue weighted by atomic mass is 79.9. The Bertz CT molecular complexity index is 1000. The van der Waals surface area contributed by atoms with Crippen molar-refractivity contribution >= 4 is 15.9 Å². The minimum Gasteiger partial charge on any atom is -0.420 e. The number of nitrogens with one attached hydrogen (secondary N) is 1. The second kappa shape index (κ2) is 6.07. The van der Waals surface area contributed by atoms with Crippen LogP contribution in [0.5, 0.6) is 5.88 Å².